The number of carbonyl (C=O) groups is 2. The zero-order chi connectivity index (χ0) is 16.5. The van der Waals surface area contributed by atoms with Crippen LogP contribution in [0.25, 0.3) is 0 Å². The fraction of sp³-hybridized carbons (Fsp3) is 0.500. The second-order valence-corrected chi connectivity index (χ2v) is 5.48. The molecule has 0 aliphatic carbocycles. The summed E-state index contributed by atoms with van der Waals surface area (Å²) in [5, 5.41) is -1.41. The first-order valence-electron chi connectivity index (χ1n) is 7.34. The standard InChI is InChI=1S/C16H20Cl2O4/c1-3-5-7-21-13-10-14(22-8-6-4-2)12(16(18)20)9-11(13)15(17)19/h9-10H,3-8H2,1-2H3. The molecule has 1 aromatic carbocycles. The molecule has 4 nitrogen and oxygen atoms in total. The normalized spacial score (nSPS) is 10.4. The number of benzene rings is 1. The van der Waals surface area contributed by atoms with Crippen molar-refractivity contribution in [2.45, 2.75) is 39.5 Å². The van der Waals surface area contributed by atoms with Crippen molar-refractivity contribution in [1.29, 1.82) is 0 Å². The smallest absolute Gasteiger partial charge is 0.256 e. The Bertz CT molecular complexity index is 486. The van der Waals surface area contributed by atoms with Gasteiger partial charge in [0.1, 0.15) is 11.5 Å². The maximum absolute atomic E-state index is 11.5. The van der Waals surface area contributed by atoms with Crippen LogP contribution >= 0.6 is 23.2 Å². The van der Waals surface area contributed by atoms with Gasteiger partial charge in [-0.25, -0.2) is 0 Å². The topological polar surface area (TPSA) is 52.6 Å². The summed E-state index contributed by atoms with van der Waals surface area (Å²) in [6.07, 6.45) is 3.61. The Morgan fingerprint density at radius 3 is 1.59 bits per heavy atom. The van der Waals surface area contributed by atoms with Gasteiger partial charge in [-0.2, -0.15) is 0 Å². The third kappa shape index (κ3) is 5.50. The molecule has 0 unspecified atom stereocenters. The van der Waals surface area contributed by atoms with Crippen LogP contribution in [0.15, 0.2) is 12.1 Å². The van der Waals surface area contributed by atoms with E-state index < -0.39 is 10.5 Å². The van der Waals surface area contributed by atoms with Gasteiger partial charge in [0, 0.05) is 6.07 Å². The van der Waals surface area contributed by atoms with Gasteiger partial charge < -0.3 is 9.47 Å². The van der Waals surface area contributed by atoms with E-state index in [1.54, 1.807) is 0 Å². The minimum atomic E-state index is -0.703. The molecule has 0 fully saturated rings. The molecule has 0 aliphatic heterocycles. The first-order valence-corrected chi connectivity index (χ1v) is 8.10. The Kier molecular flexibility index (Phi) is 8.28. The van der Waals surface area contributed by atoms with Gasteiger partial charge in [-0.1, -0.05) is 26.7 Å². The fourth-order valence-corrected chi connectivity index (χ4v) is 2.06. The first-order chi connectivity index (χ1) is 10.5. The second kappa shape index (κ2) is 9.70. The van der Waals surface area contributed by atoms with Gasteiger partial charge in [-0.15, -0.1) is 0 Å². The molecule has 122 valence electrons. The van der Waals surface area contributed by atoms with E-state index in [1.165, 1.54) is 12.1 Å². The monoisotopic (exact) mass is 346 g/mol. The van der Waals surface area contributed by atoms with Gasteiger partial charge in [0.05, 0.1) is 24.3 Å². The molecule has 0 N–H and O–H groups in total. The molecule has 0 saturated carbocycles. The van der Waals surface area contributed by atoms with E-state index >= 15 is 0 Å². The van der Waals surface area contributed by atoms with Crippen molar-refractivity contribution in [3.63, 3.8) is 0 Å². The summed E-state index contributed by atoms with van der Waals surface area (Å²) < 4.78 is 11.2. The van der Waals surface area contributed by atoms with Crippen molar-refractivity contribution in [1.82, 2.24) is 0 Å². The zero-order valence-corrected chi connectivity index (χ0v) is 14.3. The van der Waals surface area contributed by atoms with Crippen LogP contribution in [0.2, 0.25) is 0 Å². The molecule has 0 amide bonds. The molecule has 0 bridgehead atoms. The Hall–Kier alpha value is -1.26. The highest BCUT2D eigenvalue weighted by Crippen LogP contribution is 2.32. The molecule has 6 heteroatoms. The first kappa shape index (κ1) is 18.8. The van der Waals surface area contributed by atoms with Gasteiger partial charge in [0.25, 0.3) is 10.5 Å². The predicted octanol–water partition coefficient (Wildman–Crippen LogP) is 4.80. The van der Waals surface area contributed by atoms with E-state index in [0.717, 1.165) is 25.7 Å². The van der Waals surface area contributed by atoms with Crippen molar-refractivity contribution in [3.8, 4) is 11.5 Å². The molecule has 0 saturated heterocycles. The molecule has 1 aromatic rings. The van der Waals surface area contributed by atoms with Crippen LogP contribution in [-0.4, -0.2) is 23.7 Å². The Balaban J connectivity index is 3.13. The highest BCUT2D eigenvalue weighted by atomic mass is 35.5. The second-order valence-electron chi connectivity index (χ2n) is 4.80. The SMILES string of the molecule is CCCCOc1cc(OCCCC)c(C(=O)Cl)cc1C(=O)Cl. The van der Waals surface area contributed by atoms with Crippen molar-refractivity contribution in [2.75, 3.05) is 13.2 Å². The average Bonchev–Trinajstić information content (AvgIpc) is 2.47. The number of halogens is 2. The lowest BCUT2D eigenvalue weighted by atomic mass is 10.1. The number of rotatable bonds is 10. The van der Waals surface area contributed by atoms with Crippen LogP contribution in [-0.2, 0) is 0 Å². The van der Waals surface area contributed by atoms with E-state index in [-0.39, 0.29) is 11.1 Å². The molecule has 1 rings (SSSR count). The van der Waals surface area contributed by atoms with Gasteiger partial charge in [-0.3, -0.25) is 9.59 Å². The largest absolute Gasteiger partial charge is 0.493 e. The minimum absolute atomic E-state index is 0.115. The molecule has 0 aromatic heterocycles. The van der Waals surface area contributed by atoms with Crippen molar-refractivity contribution >= 4 is 33.7 Å². The maximum Gasteiger partial charge on any atom is 0.256 e. The Morgan fingerprint density at radius 2 is 1.27 bits per heavy atom. The fourth-order valence-electron chi connectivity index (χ4n) is 1.76. The summed E-state index contributed by atoms with van der Waals surface area (Å²) in [5.74, 6) is 0.614. The van der Waals surface area contributed by atoms with Crippen molar-refractivity contribution in [2.24, 2.45) is 0 Å². The van der Waals surface area contributed by atoms with Crippen LogP contribution in [0, 0.1) is 0 Å². The van der Waals surface area contributed by atoms with Crippen LogP contribution < -0.4 is 9.47 Å². The summed E-state index contributed by atoms with van der Waals surface area (Å²) in [6, 6.07) is 2.84. The molecular weight excluding hydrogens is 327 g/mol. The van der Waals surface area contributed by atoms with E-state index in [1.807, 2.05) is 13.8 Å². The lowest BCUT2D eigenvalue weighted by Gasteiger charge is -2.14. The Morgan fingerprint density at radius 1 is 0.864 bits per heavy atom. The van der Waals surface area contributed by atoms with Crippen LogP contribution in [0.3, 0.4) is 0 Å². The summed E-state index contributed by atoms with van der Waals surface area (Å²) in [5.41, 5.74) is 0.231. The van der Waals surface area contributed by atoms with Crippen molar-refractivity contribution < 1.29 is 19.1 Å². The molecule has 0 aliphatic rings. The van der Waals surface area contributed by atoms with E-state index in [9.17, 15) is 9.59 Å². The third-order valence-electron chi connectivity index (χ3n) is 3.02. The Labute approximate surface area is 140 Å². The number of hydrogen-bond donors (Lipinski definition) is 0. The van der Waals surface area contributed by atoms with Crippen LogP contribution in [0.4, 0.5) is 0 Å². The highest BCUT2D eigenvalue weighted by Gasteiger charge is 2.19. The summed E-state index contributed by atoms with van der Waals surface area (Å²) in [6.45, 7) is 4.98. The average molecular weight is 347 g/mol. The molecule has 0 radical (unpaired) electrons. The third-order valence-corrected chi connectivity index (χ3v) is 3.42. The zero-order valence-electron chi connectivity index (χ0n) is 12.8. The minimum Gasteiger partial charge on any atom is -0.493 e. The van der Waals surface area contributed by atoms with Crippen molar-refractivity contribution in [3.05, 3.63) is 23.3 Å². The number of unbranched alkanes of at least 4 members (excludes halogenated alkanes) is 2. The van der Waals surface area contributed by atoms with E-state index in [4.69, 9.17) is 32.7 Å². The highest BCUT2D eigenvalue weighted by molar-refractivity contribution is 6.69. The van der Waals surface area contributed by atoms with Gasteiger partial charge in [-0.05, 0) is 42.1 Å². The van der Waals surface area contributed by atoms with Gasteiger partial charge >= 0.3 is 0 Å². The molecule has 0 heterocycles. The van der Waals surface area contributed by atoms with E-state index in [0.29, 0.717) is 24.7 Å². The van der Waals surface area contributed by atoms with Gasteiger partial charge in [0.2, 0.25) is 0 Å². The quantitative estimate of drug-likeness (QED) is 0.451. The number of ether oxygens (including phenoxy) is 2. The summed E-state index contributed by atoms with van der Waals surface area (Å²) >= 11 is 11.1. The predicted molar refractivity (Wildman–Crippen MR) is 87.6 cm³/mol. The lowest BCUT2D eigenvalue weighted by molar-refractivity contribution is 0.107. The van der Waals surface area contributed by atoms with Gasteiger partial charge in [0.15, 0.2) is 0 Å². The van der Waals surface area contributed by atoms with Crippen LogP contribution in [0.1, 0.15) is 60.2 Å². The summed E-state index contributed by atoms with van der Waals surface area (Å²) in [4.78, 5) is 23.1. The van der Waals surface area contributed by atoms with Crippen LogP contribution in [0.5, 0.6) is 11.5 Å². The lowest BCUT2D eigenvalue weighted by Crippen LogP contribution is -2.07. The maximum atomic E-state index is 11.5. The summed E-state index contributed by atoms with van der Waals surface area (Å²) in [7, 11) is 0. The number of carbonyl (C=O) groups excluding carboxylic acids is 2. The van der Waals surface area contributed by atoms with E-state index in [2.05, 4.69) is 0 Å². The molecule has 0 atom stereocenters. The molecule has 0 spiro atoms. The molecule has 22 heavy (non-hydrogen) atoms. The molecular formula is C16H20Cl2O4. The number of hydrogen-bond acceptors (Lipinski definition) is 4.